The summed E-state index contributed by atoms with van der Waals surface area (Å²) in [5.41, 5.74) is 1.42. The van der Waals surface area contributed by atoms with Crippen LogP contribution in [0.25, 0.3) is 17.2 Å². The van der Waals surface area contributed by atoms with E-state index < -0.39 is 5.97 Å². The smallest absolute Gasteiger partial charge is 0.329 e. The molecule has 0 saturated carbocycles. The lowest BCUT2D eigenvalue weighted by atomic mass is 10.2. The molecule has 0 spiro atoms. The molecule has 0 aliphatic carbocycles. The van der Waals surface area contributed by atoms with E-state index in [4.69, 9.17) is 39.5 Å². The van der Waals surface area contributed by atoms with Crippen LogP contribution in [0, 0.1) is 0 Å². The molecule has 0 aliphatic rings. The minimum absolute atomic E-state index is 0.123. The minimum Gasteiger partial charge on any atom is -0.465 e. The second kappa shape index (κ2) is 9.00. The molecule has 1 aromatic carbocycles. The van der Waals surface area contributed by atoms with E-state index in [0.29, 0.717) is 38.8 Å². The molecule has 0 radical (unpaired) electrons. The Morgan fingerprint density at radius 1 is 1.10 bits per heavy atom. The number of carbonyl (C=O) groups excluding carboxylic acids is 1. The van der Waals surface area contributed by atoms with Gasteiger partial charge in [0.2, 0.25) is 5.82 Å². The first kappa shape index (κ1) is 21.2. The largest absolute Gasteiger partial charge is 0.465 e. The van der Waals surface area contributed by atoms with Gasteiger partial charge < -0.3 is 4.74 Å². The van der Waals surface area contributed by atoms with Crippen LogP contribution in [0.3, 0.4) is 0 Å². The standard InChI is InChI=1S/C17H14Cl3N9O2/c1-2-31-15(30)9-29-24-17(23-26-29)11-5-21-28(7-11)14-8-27(25-22-14)6-10-3-12(18)16(20)13(19)4-10/h3-5,7-8H,2,6,9H2,1H3. The van der Waals surface area contributed by atoms with Crippen LogP contribution in [0.4, 0.5) is 0 Å². The van der Waals surface area contributed by atoms with E-state index in [2.05, 4.69) is 30.8 Å². The summed E-state index contributed by atoms with van der Waals surface area (Å²) in [4.78, 5) is 12.7. The zero-order chi connectivity index (χ0) is 22.0. The van der Waals surface area contributed by atoms with Gasteiger partial charge in [-0.25, -0.2) is 14.2 Å². The molecule has 4 aromatic rings. The van der Waals surface area contributed by atoms with E-state index in [0.717, 1.165) is 10.4 Å². The highest BCUT2D eigenvalue weighted by Crippen LogP contribution is 2.31. The molecule has 0 aliphatic heterocycles. The summed E-state index contributed by atoms with van der Waals surface area (Å²) in [6.45, 7) is 2.28. The molecule has 4 rings (SSSR count). The van der Waals surface area contributed by atoms with Crippen molar-refractivity contribution in [3.05, 3.63) is 51.4 Å². The second-order valence-corrected chi connectivity index (χ2v) is 7.46. The molecule has 31 heavy (non-hydrogen) atoms. The molecule has 0 N–H and O–H groups in total. The molecule has 3 aromatic heterocycles. The summed E-state index contributed by atoms with van der Waals surface area (Å²) in [6, 6.07) is 3.43. The quantitative estimate of drug-likeness (QED) is 0.291. The molecular weight excluding hydrogens is 469 g/mol. The Morgan fingerprint density at radius 3 is 2.61 bits per heavy atom. The topological polar surface area (TPSA) is 118 Å². The molecule has 0 unspecified atom stereocenters. The highest BCUT2D eigenvalue weighted by molar-refractivity contribution is 6.48. The molecule has 0 atom stereocenters. The van der Waals surface area contributed by atoms with Crippen LogP contribution < -0.4 is 0 Å². The van der Waals surface area contributed by atoms with E-state index in [-0.39, 0.29) is 13.2 Å². The van der Waals surface area contributed by atoms with Gasteiger partial charge in [0, 0.05) is 6.20 Å². The third-order valence-corrected chi connectivity index (χ3v) is 5.22. The number of benzene rings is 1. The average molecular weight is 483 g/mol. The average Bonchev–Trinajstić information content (AvgIpc) is 3.46. The van der Waals surface area contributed by atoms with Crippen molar-refractivity contribution in [2.45, 2.75) is 20.0 Å². The lowest BCUT2D eigenvalue weighted by molar-refractivity contribution is -0.144. The number of hydrogen-bond acceptors (Lipinski definition) is 8. The molecule has 0 amide bonds. The summed E-state index contributed by atoms with van der Waals surface area (Å²) in [7, 11) is 0. The number of halogens is 3. The first-order valence-electron chi connectivity index (χ1n) is 8.95. The maximum absolute atomic E-state index is 11.5. The van der Waals surface area contributed by atoms with Gasteiger partial charge in [-0.3, -0.25) is 0 Å². The van der Waals surface area contributed by atoms with Crippen molar-refractivity contribution in [1.29, 1.82) is 0 Å². The molecule has 3 heterocycles. The van der Waals surface area contributed by atoms with Crippen molar-refractivity contribution in [3.8, 4) is 17.2 Å². The Kier molecular flexibility index (Phi) is 6.16. The summed E-state index contributed by atoms with van der Waals surface area (Å²) in [6.07, 6.45) is 4.94. The van der Waals surface area contributed by atoms with E-state index in [9.17, 15) is 4.79 Å². The lowest BCUT2D eigenvalue weighted by Gasteiger charge is -2.05. The highest BCUT2D eigenvalue weighted by Gasteiger charge is 2.14. The first-order valence-corrected chi connectivity index (χ1v) is 10.1. The number of esters is 1. The first-order chi connectivity index (χ1) is 14.9. The van der Waals surface area contributed by atoms with Gasteiger partial charge in [0.1, 0.15) is 0 Å². The van der Waals surface area contributed by atoms with Gasteiger partial charge in [0.25, 0.3) is 0 Å². The molecule has 0 fully saturated rings. The molecule has 11 nitrogen and oxygen atoms in total. The fourth-order valence-corrected chi connectivity index (χ4v) is 3.31. The second-order valence-electron chi connectivity index (χ2n) is 6.27. The molecule has 160 valence electrons. The number of rotatable bonds is 7. The van der Waals surface area contributed by atoms with Crippen LogP contribution in [0.5, 0.6) is 0 Å². The Balaban J connectivity index is 1.47. The van der Waals surface area contributed by atoms with Gasteiger partial charge in [0.15, 0.2) is 12.4 Å². The number of hydrogen-bond donors (Lipinski definition) is 0. The zero-order valence-corrected chi connectivity index (χ0v) is 18.3. The molecule has 0 bridgehead atoms. The predicted octanol–water partition coefficient (Wildman–Crippen LogP) is 2.69. The van der Waals surface area contributed by atoms with Crippen molar-refractivity contribution in [2.75, 3.05) is 6.61 Å². The van der Waals surface area contributed by atoms with Crippen LogP contribution in [0.1, 0.15) is 12.5 Å². The monoisotopic (exact) mass is 481 g/mol. The number of aromatic nitrogens is 9. The summed E-state index contributed by atoms with van der Waals surface area (Å²) >= 11 is 18.1. The summed E-state index contributed by atoms with van der Waals surface area (Å²) in [5.74, 6) is 0.353. The van der Waals surface area contributed by atoms with Crippen LogP contribution in [-0.2, 0) is 22.6 Å². The normalized spacial score (nSPS) is 11.1. The third kappa shape index (κ3) is 4.84. The van der Waals surface area contributed by atoms with Gasteiger partial charge in [-0.15, -0.1) is 15.3 Å². The van der Waals surface area contributed by atoms with Gasteiger partial charge >= 0.3 is 5.97 Å². The lowest BCUT2D eigenvalue weighted by Crippen LogP contribution is -2.15. The van der Waals surface area contributed by atoms with Crippen LogP contribution in [-0.4, -0.2) is 57.6 Å². The van der Waals surface area contributed by atoms with Crippen molar-refractivity contribution in [2.24, 2.45) is 0 Å². The van der Waals surface area contributed by atoms with Crippen LogP contribution in [0.2, 0.25) is 15.1 Å². The SMILES string of the molecule is CCOC(=O)Cn1nnc(-c2cnn(-c3cn(Cc4cc(Cl)c(Cl)c(Cl)c4)nn3)c2)n1. The molecule has 0 saturated heterocycles. The Labute approximate surface area is 190 Å². The zero-order valence-electron chi connectivity index (χ0n) is 16.0. The van der Waals surface area contributed by atoms with Crippen LogP contribution >= 0.6 is 34.8 Å². The van der Waals surface area contributed by atoms with Crippen molar-refractivity contribution in [3.63, 3.8) is 0 Å². The maximum Gasteiger partial charge on any atom is 0.329 e. The van der Waals surface area contributed by atoms with Gasteiger partial charge in [-0.05, 0) is 29.8 Å². The Hall–Kier alpha value is -3.02. The van der Waals surface area contributed by atoms with Gasteiger partial charge in [0.05, 0.1) is 46.2 Å². The Morgan fingerprint density at radius 2 is 1.87 bits per heavy atom. The van der Waals surface area contributed by atoms with Crippen LogP contribution in [0.15, 0.2) is 30.7 Å². The van der Waals surface area contributed by atoms with Gasteiger partial charge in [-0.2, -0.15) is 9.90 Å². The van der Waals surface area contributed by atoms with E-state index >= 15 is 0 Å². The fourth-order valence-electron chi connectivity index (χ4n) is 2.67. The minimum atomic E-state index is -0.443. The summed E-state index contributed by atoms with van der Waals surface area (Å²) < 4.78 is 8.00. The number of tetrazole rings is 1. The number of nitrogens with zero attached hydrogens (tertiary/aromatic N) is 9. The third-order valence-electron chi connectivity index (χ3n) is 4.02. The molecular formula is C17H14Cl3N9O2. The predicted molar refractivity (Wildman–Crippen MR) is 111 cm³/mol. The summed E-state index contributed by atoms with van der Waals surface area (Å²) in [5, 5.41) is 25.4. The van der Waals surface area contributed by atoms with Crippen molar-refractivity contribution >= 4 is 40.8 Å². The molecule has 14 heteroatoms. The van der Waals surface area contributed by atoms with Crippen molar-refractivity contribution in [1.82, 2.24) is 45.0 Å². The fraction of sp³-hybridized carbons (Fsp3) is 0.235. The van der Waals surface area contributed by atoms with E-state index in [1.165, 1.54) is 4.68 Å². The number of ether oxygens (including phenoxy) is 1. The van der Waals surface area contributed by atoms with E-state index in [1.54, 1.807) is 42.3 Å². The Bertz CT molecular complexity index is 1210. The highest BCUT2D eigenvalue weighted by atomic mass is 35.5. The van der Waals surface area contributed by atoms with E-state index in [1.807, 2.05) is 0 Å². The maximum atomic E-state index is 11.5. The number of carbonyl (C=O) groups is 1. The van der Waals surface area contributed by atoms with Gasteiger partial charge in [-0.1, -0.05) is 40.0 Å². The van der Waals surface area contributed by atoms with Crippen molar-refractivity contribution < 1.29 is 9.53 Å².